The van der Waals surface area contributed by atoms with E-state index in [1.165, 1.54) is 5.56 Å². The van der Waals surface area contributed by atoms with Gasteiger partial charge in [-0.25, -0.2) is 0 Å². The van der Waals surface area contributed by atoms with Crippen LogP contribution in [0.25, 0.3) is 0 Å². The third-order valence-corrected chi connectivity index (χ3v) is 3.61. The minimum Gasteiger partial charge on any atom is -0.469 e. The third-order valence-electron chi connectivity index (χ3n) is 3.61. The van der Waals surface area contributed by atoms with Crippen LogP contribution in [0, 0.1) is 0 Å². The Balaban J connectivity index is 0.00000312. The molecule has 5 heteroatoms. The quantitative estimate of drug-likeness (QED) is 0.283. The smallest absolute Gasteiger partial charge is 0.193 e. The molecule has 0 aliphatic carbocycles. The number of rotatable bonds is 8. The van der Waals surface area contributed by atoms with E-state index >= 15 is 0 Å². The number of nitrogens with one attached hydrogen (secondary N) is 1. The Morgan fingerprint density at radius 1 is 1.16 bits per heavy atom. The van der Waals surface area contributed by atoms with Crippen LogP contribution in [-0.2, 0) is 12.8 Å². The summed E-state index contributed by atoms with van der Waals surface area (Å²) in [5.41, 5.74) is 2.43. The molecule has 1 aromatic heterocycles. The molecule has 0 radical (unpaired) electrons. The molecule has 1 heterocycles. The van der Waals surface area contributed by atoms with Crippen LogP contribution in [-0.4, -0.2) is 37.5 Å². The van der Waals surface area contributed by atoms with Crippen molar-refractivity contribution in [1.82, 2.24) is 10.2 Å². The summed E-state index contributed by atoms with van der Waals surface area (Å²) >= 11 is 0. The van der Waals surface area contributed by atoms with Gasteiger partial charge in [0.15, 0.2) is 5.96 Å². The van der Waals surface area contributed by atoms with Crippen LogP contribution in [0.1, 0.15) is 18.2 Å². The molecule has 2 aromatic rings. The number of nitrogens with zero attached hydrogens (tertiary/aromatic N) is 2. The van der Waals surface area contributed by atoms with Gasteiger partial charge in [0.2, 0.25) is 0 Å². The molecule has 0 fully saturated rings. The first-order valence-corrected chi connectivity index (χ1v) is 8.35. The SMILES string of the molecule is C=C(C)CN(C)C(=NCCc1ccco1)NCCc1ccccc1.I. The number of hydrogen-bond acceptors (Lipinski definition) is 2. The van der Waals surface area contributed by atoms with Crippen LogP contribution in [0.3, 0.4) is 0 Å². The Labute approximate surface area is 168 Å². The maximum atomic E-state index is 5.36. The second-order valence-electron chi connectivity index (χ2n) is 6.01. The van der Waals surface area contributed by atoms with Crippen molar-refractivity contribution in [2.75, 3.05) is 26.7 Å². The summed E-state index contributed by atoms with van der Waals surface area (Å²) in [6.45, 7) is 8.35. The zero-order chi connectivity index (χ0) is 17.2. The van der Waals surface area contributed by atoms with Crippen LogP contribution >= 0.6 is 24.0 Å². The van der Waals surface area contributed by atoms with Crippen molar-refractivity contribution in [3.8, 4) is 0 Å². The topological polar surface area (TPSA) is 40.8 Å². The van der Waals surface area contributed by atoms with E-state index < -0.39 is 0 Å². The van der Waals surface area contributed by atoms with Gasteiger partial charge in [0, 0.05) is 33.1 Å². The highest BCUT2D eigenvalue weighted by molar-refractivity contribution is 14.0. The average Bonchev–Trinajstić information content (AvgIpc) is 3.07. The molecule has 0 amide bonds. The maximum absolute atomic E-state index is 5.36. The predicted octanol–water partition coefficient (Wildman–Crippen LogP) is 4.14. The highest BCUT2D eigenvalue weighted by Gasteiger charge is 2.06. The molecule has 25 heavy (non-hydrogen) atoms. The number of likely N-dealkylation sites (N-methyl/N-ethyl adjacent to an activating group) is 1. The summed E-state index contributed by atoms with van der Waals surface area (Å²) in [5.74, 6) is 1.87. The third kappa shape index (κ3) is 8.25. The second kappa shape index (κ2) is 11.7. The molecular weight excluding hydrogens is 425 g/mol. The van der Waals surface area contributed by atoms with E-state index in [0.717, 1.165) is 43.2 Å². The van der Waals surface area contributed by atoms with E-state index in [-0.39, 0.29) is 24.0 Å². The lowest BCUT2D eigenvalue weighted by atomic mass is 10.1. The standard InChI is InChI=1S/C20H27N3O.HI/c1-17(2)16-23(3)20(22-14-12-19-10-7-15-24-19)21-13-11-18-8-5-4-6-9-18;/h4-10,15H,1,11-14,16H2,2-3H3,(H,21,22);1H. The summed E-state index contributed by atoms with van der Waals surface area (Å²) in [4.78, 5) is 6.82. The molecule has 1 N–H and O–H groups in total. The van der Waals surface area contributed by atoms with Gasteiger partial charge in [-0.2, -0.15) is 0 Å². The van der Waals surface area contributed by atoms with Gasteiger partial charge in [-0.05, 0) is 31.0 Å². The van der Waals surface area contributed by atoms with Gasteiger partial charge in [0.05, 0.1) is 6.26 Å². The van der Waals surface area contributed by atoms with Gasteiger partial charge in [0.1, 0.15) is 5.76 Å². The van der Waals surface area contributed by atoms with Crippen LogP contribution < -0.4 is 5.32 Å². The molecular formula is C20H28IN3O. The predicted molar refractivity (Wildman–Crippen MR) is 116 cm³/mol. The number of guanidine groups is 1. The van der Waals surface area contributed by atoms with Gasteiger partial charge in [-0.3, -0.25) is 4.99 Å². The summed E-state index contributed by atoms with van der Waals surface area (Å²) < 4.78 is 5.36. The number of aliphatic imine (C=N–C) groups is 1. The van der Waals surface area contributed by atoms with Gasteiger partial charge in [-0.15, -0.1) is 24.0 Å². The van der Waals surface area contributed by atoms with Gasteiger partial charge < -0.3 is 14.6 Å². The lowest BCUT2D eigenvalue weighted by Gasteiger charge is -2.22. The average molecular weight is 453 g/mol. The molecule has 4 nitrogen and oxygen atoms in total. The van der Waals surface area contributed by atoms with Crippen molar-refractivity contribution in [2.24, 2.45) is 4.99 Å². The molecule has 0 unspecified atom stereocenters. The van der Waals surface area contributed by atoms with Crippen LogP contribution in [0.5, 0.6) is 0 Å². The van der Waals surface area contributed by atoms with Crippen molar-refractivity contribution < 1.29 is 4.42 Å². The minimum absolute atomic E-state index is 0. The largest absolute Gasteiger partial charge is 0.469 e. The molecule has 136 valence electrons. The first-order chi connectivity index (χ1) is 11.6. The Morgan fingerprint density at radius 2 is 1.92 bits per heavy atom. The van der Waals surface area contributed by atoms with E-state index in [1.807, 2.05) is 32.2 Å². The number of benzene rings is 1. The van der Waals surface area contributed by atoms with E-state index in [0.29, 0.717) is 6.54 Å². The van der Waals surface area contributed by atoms with E-state index in [1.54, 1.807) is 6.26 Å². The molecule has 0 bridgehead atoms. The van der Waals surface area contributed by atoms with Crippen molar-refractivity contribution in [3.05, 3.63) is 72.2 Å². The highest BCUT2D eigenvalue weighted by atomic mass is 127. The summed E-state index contributed by atoms with van der Waals surface area (Å²) in [6.07, 6.45) is 3.47. The van der Waals surface area contributed by atoms with E-state index in [4.69, 9.17) is 9.41 Å². The first-order valence-electron chi connectivity index (χ1n) is 8.35. The molecule has 0 saturated heterocycles. The van der Waals surface area contributed by atoms with Crippen molar-refractivity contribution in [3.63, 3.8) is 0 Å². The summed E-state index contributed by atoms with van der Waals surface area (Å²) in [7, 11) is 2.04. The molecule has 1 aromatic carbocycles. The summed E-state index contributed by atoms with van der Waals surface area (Å²) in [5, 5.41) is 3.46. The lowest BCUT2D eigenvalue weighted by Crippen LogP contribution is -2.40. The monoisotopic (exact) mass is 453 g/mol. The fraction of sp³-hybridized carbons (Fsp3) is 0.350. The zero-order valence-corrected chi connectivity index (χ0v) is 17.4. The summed E-state index contributed by atoms with van der Waals surface area (Å²) in [6, 6.07) is 14.4. The highest BCUT2D eigenvalue weighted by Crippen LogP contribution is 2.02. The van der Waals surface area contributed by atoms with Crippen molar-refractivity contribution >= 4 is 29.9 Å². The van der Waals surface area contributed by atoms with Gasteiger partial charge in [-0.1, -0.05) is 42.5 Å². The molecule has 0 atom stereocenters. The van der Waals surface area contributed by atoms with Crippen LogP contribution in [0.4, 0.5) is 0 Å². The Hall–Kier alpha value is -1.76. The zero-order valence-electron chi connectivity index (χ0n) is 15.1. The van der Waals surface area contributed by atoms with Crippen LogP contribution in [0.2, 0.25) is 0 Å². The fourth-order valence-electron chi connectivity index (χ4n) is 2.48. The molecule has 0 saturated carbocycles. The van der Waals surface area contributed by atoms with E-state index in [2.05, 4.69) is 41.1 Å². The van der Waals surface area contributed by atoms with Crippen LogP contribution in [0.15, 0.2) is 70.3 Å². The molecule has 0 aliphatic rings. The molecule has 2 rings (SSSR count). The number of hydrogen-bond donors (Lipinski definition) is 1. The normalized spacial score (nSPS) is 10.9. The van der Waals surface area contributed by atoms with Gasteiger partial charge in [0.25, 0.3) is 0 Å². The maximum Gasteiger partial charge on any atom is 0.193 e. The number of furan rings is 1. The fourth-order valence-corrected chi connectivity index (χ4v) is 2.48. The minimum atomic E-state index is 0. The Morgan fingerprint density at radius 3 is 2.56 bits per heavy atom. The number of halogens is 1. The first kappa shape index (κ1) is 21.3. The van der Waals surface area contributed by atoms with Crippen molar-refractivity contribution in [2.45, 2.75) is 19.8 Å². The Kier molecular flexibility index (Phi) is 9.99. The van der Waals surface area contributed by atoms with Crippen molar-refractivity contribution in [1.29, 1.82) is 0 Å². The Bertz CT molecular complexity index is 638. The lowest BCUT2D eigenvalue weighted by molar-refractivity contribution is 0.503. The van der Waals surface area contributed by atoms with E-state index in [9.17, 15) is 0 Å². The molecule has 0 spiro atoms. The second-order valence-corrected chi connectivity index (χ2v) is 6.01. The van der Waals surface area contributed by atoms with Gasteiger partial charge >= 0.3 is 0 Å². The molecule has 0 aliphatic heterocycles.